The summed E-state index contributed by atoms with van der Waals surface area (Å²) >= 11 is 0. The van der Waals surface area contributed by atoms with Crippen LogP contribution in [0.4, 0.5) is 4.79 Å². The van der Waals surface area contributed by atoms with Gasteiger partial charge in [0.2, 0.25) is 0 Å². The third-order valence-corrected chi connectivity index (χ3v) is 2.87. The number of carbonyl (C=O) groups is 2. The molecule has 0 radical (unpaired) electrons. The molecule has 0 saturated carbocycles. The number of aromatic nitrogens is 3. The summed E-state index contributed by atoms with van der Waals surface area (Å²) in [7, 11) is 0. The lowest BCUT2D eigenvalue weighted by Gasteiger charge is -2.20. The fraction of sp³-hybridized carbons (Fsp3) is 0.667. The normalized spacial score (nSPS) is 12.2. The van der Waals surface area contributed by atoms with Crippen LogP contribution in [-0.4, -0.2) is 38.1 Å². The third-order valence-electron chi connectivity index (χ3n) is 2.87. The second-order valence-electron chi connectivity index (χ2n) is 4.89. The second kappa shape index (κ2) is 7.46. The number of hydrogen-bond acceptors (Lipinski definition) is 4. The van der Waals surface area contributed by atoms with E-state index in [0.29, 0.717) is 11.6 Å². The fourth-order valence-corrected chi connectivity index (χ4v) is 1.77. The van der Waals surface area contributed by atoms with E-state index in [4.69, 9.17) is 5.11 Å². The van der Waals surface area contributed by atoms with E-state index >= 15 is 0 Å². The number of aliphatic carboxylic acids is 1. The van der Waals surface area contributed by atoms with Crippen molar-refractivity contribution < 1.29 is 14.7 Å². The summed E-state index contributed by atoms with van der Waals surface area (Å²) in [5.74, 6) is -0.628. The van der Waals surface area contributed by atoms with E-state index in [1.54, 1.807) is 0 Å². The van der Waals surface area contributed by atoms with Crippen molar-refractivity contribution in [2.45, 2.75) is 46.3 Å². The third kappa shape index (κ3) is 5.25. The molecule has 8 heteroatoms. The topological polar surface area (TPSA) is 109 Å². The van der Waals surface area contributed by atoms with Crippen molar-refractivity contribution in [3.05, 3.63) is 11.9 Å². The second-order valence-corrected chi connectivity index (χ2v) is 4.89. The zero-order valence-electron chi connectivity index (χ0n) is 12.0. The number of nitrogens with zero attached hydrogens (tertiary/aromatic N) is 3. The van der Waals surface area contributed by atoms with Crippen LogP contribution >= 0.6 is 0 Å². The Morgan fingerprint density at radius 3 is 2.70 bits per heavy atom. The Labute approximate surface area is 117 Å². The maximum Gasteiger partial charge on any atom is 0.325 e. The number of carbonyl (C=O) groups excluding carboxylic acids is 1. The summed E-state index contributed by atoms with van der Waals surface area (Å²) in [4.78, 5) is 22.2. The summed E-state index contributed by atoms with van der Waals surface area (Å²) in [5.41, 5.74) is 0.513. The lowest BCUT2D eigenvalue weighted by Crippen LogP contribution is -2.43. The summed E-state index contributed by atoms with van der Waals surface area (Å²) in [6.07, 6.45) is 2.36. The van der Waals surface area contributed by atoms with E-state index < -0.39 is 5.97 Å². The molecule has 1 aromatic rings. The predicted molar refractivity (Wildman–Crippen MR) is 71.9 cm³/mol. The summed E-state index contributed by atoms with van der Waals surface area (Å²) < 4.78 is 1.21. The van der Waals surface area contributed by atoms with Crippen LogP contribution in [0.25, 0.3) is 0 Å². The largest absolute Gasteiger partial charge is 0.480 e. The average Bonchev–Trinajstić information content (AvgIpc) is 2.79. The van der Waals surface area contributed by atoms with Crippen LogP contribution in [-0.2, 0) is 17.9 Å². The molecule has 3 N–H and O–H groups in total. The molecule has 20 heavy (non-hydrogen) atoms. The molecule has 1 atom stereocenters. The quantitative estimate of drug-likeness (QED) is 0.678. The molecule has 1 unspecified atom stereocenters. The Bertz CT molecular complexity index is 458. The molecule has 0 aromatic carbocycles. The molecule has 0 spiro atoms. The smallest absolute Gasteiger partial charge is 0.325 e. The first-order valence-corrected chi connectivity index (χ1v) is 6.57. The van der Waals surface area contributed by atoms with Gasteiger partial charge in [0.05, 0.1) is 12.7 Å². The van der Waals surface area contributed by atoms with E-state index in [1.165, 1.54) is 10.9 Å². The summed E-state index contributed by atoms with van der Waals surface area (Å²) in [5, 5.41) is 21.6. The first-order chi connectivity index (χ1) is 9.42. The molecular formula is C12H21N5O3. The van der Waals surface area contributed by atoms with E-state index in [0.717, 1.165) is 6.42 Å². The van der Waals surface area contributed by atoms with Crippen molar-refractivity contribution in [2.24, 2.45) is 5.92 Å². The van der Waals surface area contributed by atoms with Crippen LogP contribution < -0.4 is 10.6 Å². The Balaban J connectivity index is 2.40. The maximum atomic E-state index is 11.7. The molecule has 0 aliphatic carbocycles. The summed E-state index contributed by atoms with van der Waals surface area (Å²) in [6, 6.07) is -0.143. The van der Waals surface area contributed by atoms with Gasteiger partial charge in [-0.25, -0.2) is 9.48 Å². The standard InChI is InChI=1S/C12H21N5O3/c1-4-10(8(2)3)14-12(20)13-5-9-6-17(16-15-9)7-11(18)19/h6,8,10H,4-5,7H2,1-3H3,(H,18,19)(H2,13,14,20). The number of rotatable bonds is 7. The zero-order valence-corrected chi connectivity index (χ0v) is 12.0. The number of urea groups is 1. The monoisotopic (exact) mass is 283 g/mol. The molecule has 0 fully saturated rings. The van der Waals surface area contributed by atoms with Gasteiger partial charge in [0.1, 0.15) is 12.2 Å². The van der Waals surface area contributed by atoms with Crippen LogP contribution in [0.15, 0.2) is 6.20 Å². The molecule has 8 nitrogen and oxygen atoms in total. The van der Waals surface area contributed by atoms with Gasteiger partial charge in [-0.2, -0.15) is 0 Å². The molecule has 0 aliphatic rings. The minimum Gasteiger partial charge on any atom is -0.480 e. The van der Waals surface area contributed by atoms with Gasteiger partial charge in [0.25, 0.3) is 0 Å². The van der Waals surface area contributed by atoms with Crippen molar-refractivity contribution >= 4 is 12.0 Å². The molecule has 112 valence electrons. The van der Waals surface area contributed by atoms with Crippen molar-refractivity contribution in [3.8, 4) is 0 Å². The molecule has 1 aromatic heterocycles. The minimum atomic E-state index is -0.991. The van der Waals surface area contributed by atoms with E-state index in [1.807, 2.05) is 20.8 Å². The van der Waals surface area contributed by atoms with E-state index in [9.17, 15) is 9.59 Å². The number of hydrogen-bond donors (Lipinski definition) is 3. The van der Waals surface area contributed by atoms with Crippen molar-refractivity contribution in [2.75, 3.05) is 0 Å². The SMILES string of the molecule is CCC(NC(=O)NCc1cn(CC(=O)O)nn1)C(C)C. The highest BCUT2D eigenvalue weighted by molar-refractivity contribution is 5.74. The highest BCUT2D eigenvalue weighted by Crippen LogP contribution is 2.04. The van der Waals surface area contributed by atoms with Crippen LogP contribution in [0, 0.1) is 5.92 Å². The van der Waals surface area contributed by atoms with Crippen molar-refractivity contribution in [3.63, 3.8) is 0 Å². The first kappa shape index (κ1) is 15.9. The molecule has 2 amide bonds. The number of carboxylic acids is 1. The number of amides is 2. The van der Waals surface area contributed by atoms with Gasteiger partial charge in [-0.1, -0.05) is 26.0 Å². The van der Waals surface area contributed by atoms with Gasteiger partial charge >= 0.3 is 12.0 Å². The average molecular weight is 283 g/mol. The van der Waals surface area contributed by atoms with Gasteiger partial charge in [0.15, 0.2) is 0 Å². The minimum absolute atomic E-state index is 0.123. The van der Waals surface area contributed by atoms with Gasteiger partial charge in [-0.3, -0.25) is 4.79 Å². The summed E-state index contributed by atoms with van der Waals surface area (Å²) in [6.45, 7) is 6.07. The van der Waals surface area contributed by atoms with Gasteiger partial charge in [-0.15, -0.1) is 5.10 Å². The Morgan fingerprint density at radius 1 is 1.45 bits per heavy atom. The zero-order chi connectivity index (χ0) is 15.1. The van der Waals surface area contributed by atoms with Crippen molar-refractivity contribution in [1.82, 2.24) is 25.6 Å². The highest BCUT2D eigenvalue weighted by Gasteiger charge is 2.14. The van der Waals surface area contributed by atoms with E-state index in [-0.39, 0.29) is 25.2 Å². The van der Waals surface area contributed by atoms with Crippen LogP contribution in [0.3, 0.4) is 0 Å². The first-order valence-electron chi connectivity index (χ1n) is 6.57. The molecule has 0 bridgehead atoms. The van der Waals surface area contributed by atoms with Crippen LogP contribution in [0.1, 0.15) is 32.9 Å². The van der Waals surface area contributed by atoms with E-state index in [2.05, 4.69) is 20.9 Å². The number of carboxylic acid groups (broad SMARTS) is 1. The molecular weight excluding hydrogens is 262 g/mol. The highest BCUT2D eigenvalue weighted by atomic mass is 16.4. The number of nitrogens with one attached hydrogen (secondary N) is 2. The van der Waals surface area contributed by atoms with Gasteiger partial charge in [-0.05, 0) is 12.3 Å². The Hall–Kier alpha value is -2.12. The predicted octanol–water partition coefficient (Wildman–Crippen LogP) is 0.596. The van der Waals surface area contributed by atoms with Gasteiger partial charge in [0, 0.05) is 6.04 Å². The van der Waals surface area contributed by atoms with Crippen LogP contribution in [0.5, 0.6) is 0 Å². The lowest BCUT2D eigenvalue weighted by atomic mass is 10.0. The Kier molecular flexibility index (Phi) is 5.95. The fourth-order valence-electron chi connectivity index (χ4n) is 1.77. The van der Waals surface area contributed by atoms with Gasteiger partial charge < -0.3 is 15.7 Å². The molecule has 0 aliphatic heterocycles. The lowest BCUT2D eigenvalue weighted by molar-refractivity contribution is -0.137. The van der Waals surface area contributed by atoms with Crippen LogP contribution in [0.2, 0.25) is 0 Å². The van der Waals surface area contributed by atoms with Crippen molar-refractivity contribution in [1.29, 1.82) is 0 Å². The maximum absolute atomic E-state index is 11.7. The molecule has 0 saturated heterocycles. The Morgan fingerprint density at radius 2 is 2.15 bits per heavy atom. The molecule has 1 rings (SSSR count). The molecule has 1 heterocycles.